The van der Waals surface area contributed by atoms with Crippen molar-refractivity contribution in [2.75, 3.05) is 5.32 Å². The summed E-state index contributed by atoms with van der Waals surface area (Å²) in [5.74, 6) is 0. The molecule has 1 unspecified atom stereocenters. The van der Waals surface area contributed by atoms with Gasteiger partial charge in [-0.2, -0.15) is 5.10 Å². The average molecular weight is 666 g/mol. The maximum Gasteiger partial charge on any atom is 0.322 e. The number of rotatable bonds is 7. The van der Waals surface area contributed by atoms with Crippen LogP contribution >= 0.6 is 0 Å². The van der Waals surface area contributed by atoms with E-state index in [1.807, 2.05) is 54.4 Å². The predicted molar refractivity (Wildman–Crippen MR) is 201 cm³/mol. The van der Waals surface area contributed by atoms with Crippen molar-refractivity contribution in [1.29, 1.82) is 0 Å². The third-order valence-corrected chi connectivity index (χ3v) is 10.3. The van der Waals surface area contributed by atoms with Gasteiger partial charge in [0.2, 0.25) is 0 Å². The fourth-order valence-corrected chi connectivity index (χ4v) is 7.67. The molecule has 0 bridgehead atoms. The number of carbonyl (C=O) groups excluding carboxylic acids is 1. The molecule has 2 amide bonds. The molecule has 0 saturated carbocycles. The second kappa shape index (κ2) is 12.1. The monoisotopic (exact) mass is 665 g/mol. The summed E-state index contributed by atoms with van der Waals surface area (Å²) in [7, 11) is 1.91. The molecule has 0 spiro atoms. The molecule has 6 aromatic carbocycles. The van der Waals surface area contributed by atoms with Gasteiger partial charge in [0, 0.05) is 23.7 Å². The summed E-state index contributed by atoms with van der Waals surface area (Å²) in [5.41, 5.74) is 9.65. The number of anilines is 1. The summed E-state index contributed by atoms with van der Waals surface area (Å²) in [6, 6.07) is 52.1. The first-order valence-corrected chi connectivity index (χ1v) is 17.2. The summed E-state index contributed by atoms with van der Waals surface area (Å²) in [5, 5.41) is 18.5. The number of nitrogens with one attached hydrogen (secondary N) is 1. The molecule has 8 aromatic rings. The molecule has 1 atom stereocenters. The first kappa shape index (κ1) is 30.5. The van der Waals surface area contributed by atoms with Crippen molar-refractivity contribution >= 4 is 33.7 Å². The van der Waals surface area contributed by atoms with Crippen molar-refractivity contribution in [1.82, 2.24) is 29.7 Å². The first-order valence-electron chi connectivity index (χ1n) is 17.2. The van der Waals surface area contributed by atoms with Crippen LogP contribution in [0.4, 0.5) is 10.5 Å². The zero-order valence-electron chi connectivity index (χ0n) is 28.3. The van der Waals surface area contributed by atoms with Crippen LogP contribution in [0, 0.1) is 0 Å². The smallest absolute Gasteiger partial charge is 0.313 e. The van der Waals surface area contributed by atoms with Crippen molar-refractivity contribution in [3.05, 3.63) is 179 Å². The highest BCUT2D eigenvalue weighted by atomic mass is 16.2. The Morgan fingerprint density at radius 3 is 1.90 bits per heavy atom. The zero-order chi connectivity index (χ0) is 34.5. The van der Waals surface area contributed by atoms with Crippen LogP contribution in [0.15, 0.2) is 152 Å². The number of carbonyl (C=O) groups is 1. The van der Waals surface area contributed by atoms with Crippen molar-refractivity contribution < 1.29 is 4.79 Å². The van der Waals surface area contributed by atoms with Crippen molar-refractivity contribution in [3.8, 4) is 11.3 Å². The van der Waals surface area contributed by atoms with Crippen LogP contribution in [-0.4, -0.2) is 35.7 Å². The molecule has 0 fully saturated rings. The number of urea groups is 1. The molecule has 51 heavy (non-hydrogen) atoms. The van der Waals surface area contributed by atoms with Crippen LogP contribution in [0.2, 0.25) is 0 Å². The summed E-state index contributed by atoms with van der Waals surface area (Å²) in [4.78, 5) is 15.7. The molecule has 0 aliphatic carbocycles. The van der Waals surface area contributed by atoms with E-state index >= 15 is 0 Å². The van der Waals surface area contributed by atoms with Gasteiger partial charge >= 0.3 is 6.03 Å². The summed E-state index contributed by atoms with van der Waals surface area (Å²) < 4.78 is 3.95. The van der Waals surface area contributed by atoms with Crippen LogP contribution in [0.25, 0.3) is 33.2 Å². The zero-order valence-corrected chi connectivity index (χ0v) is 28.3. The Morgan fingerprint density at radius 2 is 1.29 bits per heavy atom. The summed E-state index contributed by atoms with van der Waals surface area (Å²) in [6.07, 6.45) is 0. The lowest BCUT2D eigenvalue weighted by Crippen LogP contribution is -2.40. The average Bonchev–Trinajstić information content (AvgIpc) is 3.75. The third-order valence-electron chi connectivity index (χ3n) is 10.3. The quantitative estimate of drug-likeness (QED) is 0.172. The van der Waals surface area contributed by atoms with E-state index in [1.54, 1.807) is 4.68 Å². The molecule has 0 radical (unpaired) electrons. The maximum atomic E-state index is 13.8. The first-order chi connectivity index (χ1) is 25.0. The lowest BCUT2D eigenvalue weighted by Gasteiger charge is -2.37. The van der Waals surface area contributed by atoms with Crippen LogP contribution < -0.4 is 5.32 Å². The van der Waals surface area contributed by atoms with Gasteiger partial charge in [0.25, 0.3) is 0 Å². The Bertz CT molecular complexity index is 2430. The Hall–Kier alpha value is -6.54. The molecule has 8 heteroatoms. The summed E-state index contributed by atoms with van der Waals surface area (Å²) >= 11 is 0. The molecule has 9 rings (SSSR count). The number of benzene rings is 6. The van der Waals surface area contributed by atoms with E-state index in [2.05, 4.69) is 136 Å². The highest BCUT2D eigenvalue weighted by Crippen LogP contribution is 2.45. The number of hydrogen-bond donors (Lipinski definition) is 1. The van der Waals surface area contributed by atoms with Gasteiger partial charge in [-0.15, -0.1) is 5.10 Å². The van der Waals surface area contributed by atoms with Crippen LogP contribution in [0.3, 0.4) is 0 Å². The van der Waals surface area contributed by atoms with Gasteiger partial charge in [0.05, 0.1) is 23.6 Å². The van der Waals surface area contributed by atoms with E-state index in [1.165, 1.54) is 0 Å². The van der Waals surface area contributed by atoms with Crippen molar-refractivity contribution in [2.45, 2.75) is 25.0 Å². The number of fused-ring (bicyclic) bond motifs is 3. The highest BCUT2D eigenvalue weighted by molar-refractivity contribution is 6.01. The van der Waals surface area contributed by atoms with E-state index in [0.29, 0.717) is 6.54 Å². The van der Waals surface area contributed by atoms with Crippen molar-refractivity contribution in [2.24, 2.45) is 7.05 Å². The minimum Gasteiger partial charge on any atom is -0.313 e. The molecule has 8 nitrogen and oxygen atoms in total. The second-order valence-electron chi connectivity index (χ2n) is 13.2. The highest BCUT2D eigenvalue weighted by Gasteiger charge is 2.41. The predicted octanol–water partition coefficient (Wildman–Crippen LogP) is 8.93. The lowest BCUT2D eigenvalue weighted by atomic mass is 9.77. The molecule has 1 N–H and O–H groups in total. The maximum absolute atomic E-state index is 13.8. The normalized spacial score (nSPS) is 13.7. The SMILES string of the molecule is CC(c1ccccc1)N1Cc2cc3c(-c4ccc5nnn(C)c5c4)nn(C(c4ccccc4)(c4ccccc4)c4ccccc4)c3cc2NC1=O. The van der Waals surface area contributed by atoms with Gasteiger partial charge in [-0.1, -0.05) is 133 Å². The molecule has 1 aliphatic heterocycles. The number of aryl methyl sites for hydroxylation is 1. The number of hydrogen-bond acceptors (Lipinski definition) is 4. The lowest BCUT2D eigenvalue weighted by molar-refractivity contribution is 0.186. The third kappa shape index (κ3) is 4.90. The molecule has 3 heterocycles. The standard InChI is InChI=1S/C43H35N7O/c1-29(30-15-7-3-8-16-30)49-28-32-25-36-39(27-38(32)44-42(49)51)50(46-41(36)31-23-24-37-40(26-31)48(2)47-45-37)43(33-17-9-4-10-18-33,34-19-11-5-12-20-34)35-21-13-6-14-22-35/h3-27,29H,28H2,1-2H3,(H,44,51). The fraction of sp³-hybridized carbons (Fsp3) is 0.116. The minimum atomic E-state index is -0.862. The summed E-state index contributed by atoms with van der Waals surface area (Å²) in [6.45, 7) is 2.54. The van der Waals surface area contributed by atoms with E-state index < -0.39 is 5.54 Å². The molecule has 2 aromatic heterocycles. The van der Waals surface area contributed by atoms with E-state index in [4.69, 9.17) is 5.10 Å². The van der Waals surface area contributed by atoms with E-state index in [9.17, 15) is 4.79 Å². The van der Waals surface area contributed by atoms with E-state index in [-0.39, 0.29) is 12.1 Å². The number of aromatic nitrogens is 5. The Morgan fingerprint density at radius 1 is 0.706 bits per heavy atom. The molecular weight excluding hydrogens is 631 g/mol. The van der Waals surface area contributed by atoms with Crippen LogP contribution in [-0.2, 0) is 19.1 Å². The van der Waals surface area contributed by atoms with E-state index in [0.717, 1.165) is 66.7 Å². The van der Waals surface area contributed by atoms with Gasteiger partial charge in [-0.05, 0) is 59.0 Å². The Labute approximate surface area is 295 Å². The minimum absolute atomic E-state index is 0.112. The molecule has 1 aliphatic rings. The van der Waals surface area contributed by atoms with Crippen molar-refractivity contribution in [3.63, 3.8) is 0 Å². The molecule has 0 saturated heterocycles. The second-order valence-corrected chi connectivity index (χ2v) is 13.2. The van der Waals surface area contributed by atoms with Gasteiger partial charge in [-0.25, -0.2) is 14.2 Å². The molecule has 248 valence electrons. The number of nitrogens with zero attached hydrogens (tertiary/aromatic N) is 6. The van der Waals surface area contributed by atoms with Gasteiger partial charge < -0.3 is 10.2 Å². The Balaban J connectivity index is 1.34. The fourth-order valence-electron chi connectivity index (χ4n) is 7.67. The van der Waals surface area contributed by atoms with Crippen LogP contribution in [0.1, 0.15) is 40.8 Å². The Kier molecular flexibility index (Phi) is 7.24. The van der Waals surface area contributed by atoms with Gasteiger partial charge in [-0.3, -0.25) is 0 Å². The van der Waals surface area contributed by atoms with Crippen LogP contribution in [0.5, 0.6) is 0 Å². The molecular formula is C43H35N7O. The van der Waals surface area contributed by atoms with Gasteiger partial charge in [0.1, 0.15) is 16.7 Å². The largest absolute Gasteiger partial charge is 0.322 e. The topological polar surface area (TPSA) is 80.9 Å². The van der Waals surface area contributed by atoms with Gasteiger partial charge in [0.15, 0.2) is 0 Å². The number of amides is 2.